The Morgan fingerprint density at radius 2 is 2.00 bits per heavy atom. The molecule has 1 fully saturated rings. The highest BCUT2D eigenvalue weighted by Crippen LogP contribution is 2.21. The van der Waals surface area contributed by atoms with E-state index < -0.39 is 6.17 Å². The molecule has 0 aliphatic heterocycles. The molecule has 0 aromatic rings. The lowest BCUT2D eigenvalue weighted by atomic mass is 9.94. The van der Waals surface area contributed by atoms with Gasteiger partial charge in [0.05, 0.1) is 6.04 Å². The van der Waals surface area contributed by atoms with Crippen molar-refractivity contribution >= 4 is 6.03 Å². The summed E-state index contributed by atoms with van der Waals surface area (Å²) < 4.78 is 13.2. The van der Waals surface area contributed by atoms with Crippen LogP contribution < -0.4 is 5.32 Å². The van der Waals surface area contributed by atoms with Gasteiger partial charge in [-0.3, -0.25) is 0 Å². The molecule has 0 saturated heterocycles. The van der Waals surface area contributed by atoms with Crippen LogP contribution in [0.3, 0.4) is 0 Å². The zero-order valence-electron chi connectivity index (χ0n) is 8.22. The minimum absolute atomic E-state index is 0.199. The van der Waals surface area contributed by atoms with Crippen LogP contribution in [0, 0.1) is 0 Å². The number of halogens is 1. The monoisotopic (exact) mass is 188 g/mol. The van der Waals surface area contributed by atoms with E-state index in [4.69, 9.17) is 0 Å². The number of nitrogens with zero attached hydrogens (tertiary/aromatic N) is 1. The Labute approximate surface area is 78.3 Å². The number of carbonyl (C=O) groups is 1. The topological polar surface area (TPSA) is 32.3 Å². The smallest absolute Gasteiger partial charge is 0.317 e. The lowest BCUT2D eigenvalue weighted by Gasteiger charge is -2.27. The van der Waals surface area contributed by atoms with Crippen molar-refractivity contribution in [1.82, 2.24) is 10.2 Å². The van der Waals surface area contributed by atoms with Crippen molar-refractivity contribution < 1.29 is 9.18 Å². The van der Waals surface area contributed by atoms with Gasteiger partial charge >= 0.3 is 6.03 Å². The molecule has 0 radical (unpaired) electrons. The number of carbonyl (C=O) groups excluding carboxylic acids is 1. The molecule has 0 aromatic carbocycles. The number of nitrogens with one attached hydrogen (secondary N) is 1. The maximum absolute atomic E-state index is 13.2. The molecule has 4 heteroatoms. The normalized spacial score (nSPS) is 28.2. The van der Waals surface area contributed by atoms with Gasteiger partial charge in [0.25, 0.3) is 0 Å². The number of rotatable bonds is 1. The number of urea groups is 1. The van der Waals surface area contributed by atoms with Crippen molar-refractivity contribution in [3.63, 3.8) is 0 Å². The van der Waals surface area contributed by atoms with E-state index in [0.29, 0.717) is 6.42 Å². The Morgan fingerprint density at radius 3 is 2.54 bits per heavy atom. The molecule has 1 aliphatic carbocycles. The fourth-order valence-electron chi connectivity index (χ4n) is 1.54. The third-order valence-corrected chi connectivity index (χ3v) is 2.40. The van der Waals surface area contributed by atoms with Gasteiger partial charge < -0.3 is 10.2 Å². The first-order valence-corrected chi connectivity index (χ1v) is 4.73. The maximum atomic E-state index is 13.2. The Hall–Kier alpha value is -0.800. The van der Waals surface area contributed by atoms with Crippen LogP contribution in [0.5, 0.6) is 0 Å². The average molecular weight is 188 g/mol. The number of hydrogen-bond donors (Lipinski definition) is 1. The summed E-state index contributed by atoms with van der Waals surface area (Å²) in [6.07, 6.45) is 2.44. The van der Waals surface area contributed by atoms with Crippen molar-refractivity contribution in [3.8, 4) is 0 Å². The molecular formula is C9H17FN2O. The summed E-state index contributed by atoms with van der Waals surface area (Å²) in [7, 11) is 3.32. The quantitative estimate of drug-likeness (QED) is 0.665. The van der Waals surface area contributed by atoms with E-state index in [0.717, 1.165) is 19.3 Å². The van der Waals surface area contributed by atoms with Crippen LogP contribution in [-0.4, -0.2) is 37.2 Å². The van der Waals surface area contributed by atoms with Gasteiger partial charge in [-0.1, -0.05) is 12.8 Å². The second kappa shape index (κ2) is 4.44. The lowest BCUT2D eigenvalue weighted by molar-refractivity contribution is 0.171. The fraction of sp³-hybridized carbons (Fsp3) is 0.889. The van der Waals surface area contributed by atoms with Gasteiger partial charge in [-0.25, -0.2) is 9.18 Å². The van der Waals surface area contributed by atoms with Gasteiger partial charge in [-0.15, -0.1) is 0 Å². The highest BCUT2D eigenvalue weighted by atomic mass is 19.1. The van der Waals surface area contributed by atoms with Crippen LogP contribution >= 0.6 is 0 Å². The first-order valence-electron chi connectivity index (χ1n) is 4.73. The minimum atomic E-state index is -0.863. The number of hydrogen-bond acceptors (Lipinski definition) is 1. The standard InChI is InChI=1S/C9H17FN2O/c1-12(2)9(13)11-8-6-4-3-5-7(8)10/h7-8H,3-6H2,1-2H3,(H,11,13)/t7-,8-/m1/s1. The summed E-state index contributed by atoms with van der Waals surface area (Å²) in [4.78, 5) is 12.6. The molecule has 1 N–H and O–H groups in total. The van der Waals surface area contributed by atoms with Crippen molar-refractivity contribution in [3.05, 3.63) is 0 Å². The zero-order valence-corrected chi connectivity index (χ0v) is 8.22. The zero-order chi connectivity index (χ0) is 9.84. The van der Waals surface area contributed by atoms with Gasteiger partial charge in [0.1, 0.15) is 6.17 Å². The van der Waals surface area contributed by atoms with Gasteiger partial charge in [-0.2, -0.15) is 0 Å². The van der Waals surface area contributed by atoms with E-state index in [-0.39, 0.29) is 12.1 Å². The highest BCUT2D eigenvalue weighted by molar-refractivity contribution is 5.73. The van der Waals surface area contributed by atoms with Crippen molar-refractivity contribution in [2.45, 2.75) is 37.9 Å². The molecule has 0 bridgehead atoms. The van der Waals surface area contributed by atoms with Crippen molar-refractivity contribution in [2.75, 3.05) is 14.1 Å². The molecular weight excluding hydrogens is 171 g/mol. The van der Waals surface area contributed by atoms with Crippen LogP contribution in [-0.2, 0) is 0 Å². The summed E-state index contributed by atoms with van der Waals surface area (Å²) >= 11 is 0. The molecule has 0 aromatic heterocycles. The summed E-state index contributed by atoms with van der Waals surface area (Å²) in [6, 6.07) is -0.474. The molecule has 2 amide bonds. The van der Waals surface area contributed by atoms with E-state index in [2.05, 4.69) is 5.32 Å². The van der Waals surface area contributed by atoms with Gasteiger partial charge in [-0.05, 0) is 12.8 Å². The van der Waals surface area contributed by atoms with Crippen molar-refractivity contribution in [1.29, 1.82) is 0 Å². The molecule has 3 nitrogen and oxygen atoms in total. The summed E-state index contributed by atoms with van der Waals surface area (Å²) in [5.74, 6) is 0. The van der Waals surface area contributed by atoms with Crippen LogP contribution in [0.2, 0.25) is 0 Å². The Bertz CT molecular complexity index is 184. The van der Waals surface area contributed by atoms with E-state index in [1.165, 1.54) is 4.90 Å². The van der Waals surface area contributed by atoms with Crippen LogP contribution in [0.1, 0.15) is 25.7 Å². The Kier molecular flexibility index (Phi) is 3.51. The van der Waals surface area contributed by atoms with Gasteiger partial charge in [0.2, 0.25) is 0 Å². The molecule has 13 heavy (non-hydrogen) atoms. The Morgan fingerprint density at radius 1 is 1.38 bits per heavy atom. The molecule has 1 aliphatic rings. The molecule has 76 valence electrons. The Balaban J connectivity index is 2.38. The maximum Gasteiger partial charge on any atom is 0.317 e. The first kappa shape index (κ1) is 10.3. The predicted octanol–water partition coefficient (Wildman–Crippen LogP) is 1.54. The second-order valence-corrected chi connectivity index (χ2v) is 3.75. The predicted molar refractivity (Wildman–Crippen MR) is 49.4 cm³/mol. The van der Waals surface area contributed by atoms with Crippen LogP contribution in [0.15, 0.2) is 0 Å². The minimum Gasteiger partial charge on any atom is -0.332 e. The highest BCUT2D eigenvalue weighted by Gasteiger charge is 2.26. The molecule has 0 heterocycles. The largest absolute Gasteiger partial charge is 0.332 e. The second-order valence-electron chi connectivity index (χ2n) is 3.75. The summed E-state index contributed by atoms with van der Waals surface area (Å²) in [5.41, 5.74) is 0. The third kappa shape index (κ3) is 2.86. The molecule has 1 rings (SSSR count). The molecule has 1 saturated carbocycles. The molecule has 2 atom stereocenters. The van der Waals surface area contributed by atoms with E-state index in [1.54, 1.807) is 14.1 Å². The van der Waals surface area contributed by atoms with Gasteiger partial charge in [0.15, 0.2) is 0 Å². The fourth-order valence-corrected chi connectivity index (χ4v) is 1.54. The van der Waals surface area contributed by atoms with Crippen LogP contribution in [0.4, 0.5) is 9.18 Å². The first-order chi connectivity index (χ1) is 6.11. The number of alkyl halides is 1. The third-order valence-electron chi connectivity index (χ3n) is 2.40. The van der Waals surface area contributed by atoms with Crippen molar-refractivity contribution in [2.24, 2.45) is 0 Å². The van der Waals surface area contributed by atoms with E-state index in [9.17, 15) is 9.18 Å². The SMILES string of the molecule is CN(C)C(=O)N[C@@H]1CCCC[C@H]1F. The van der Waals surface area contributed by atoms with E-state index >= 15 is 0 Å². The molecule has 0 spiro atoms. The number of amides is 2. The van der Waals surface area contributed by atoms with Gasteiger partial charge in [0, 0.05) is 14.1 Å². The van der Waals surface area contributed by atoms with Crippen LogP contribution in [0.25, 0.3) is 0 Å². The molecule has 0 unspecified atom stereocenters. The lowest BCUT2D eigenvalue weighted by Crippen LogP contribution is -2.47. The summed E-state index contributed by atoms with van der Waals surface area (Å²) in [6.45, 7) is 0. The van der Waals surface area contributed by atoms with E-state index in [1.807, 2.05) is 0 Å². The summed E-state index contributed by atoms with van der Waals surface area (Å²) in [5, 5.41) is 2.68. The average Bonchev–Trinajstić information content (AvgIpc) is 2.08.